The molecule has 2 heterocycles. The number of hydrogen-bond donors (Lipinski definition) is 1. The van der Waals surface area contributed by atoms with Crippen LogP contribution in [0, 0.1) is 6.92 Å². The molecule has 17 heavy (non-hydrogen) atoms. The molecule has 0 saturated heterocycles. The lowest BCUT2D eigenvalue weighted by Crippen LogP contribution is -2.10. The number of alkyl halides is 2. The SMILES string of the molecule is Cc1c(NCc2ccnn2C(F)F)cnn1C. The topological polar surface area (TPSA) is 47.7 Å². The number of rotatable bonds is 4. The summed E-state index contributed by atoms with van der Waals surface area (Å²) < 4.78 is 27.5. The van der Waals surface area contributed by atoms with Crippen LogP contribution in [0.1, 0.15) is 17.9 Å². The molecule has 92 valence electrons. The van der Waals surface area contributed by atoms with Crippen molar-refractivity contribution in [3.8, 4) is 0 Å². The summed E-state index contributed by atoms with van der Waals surface area (Å²) in [7, 11) is 1.82. The first-order chi connectivity index (χ1) is 8.09. The van der Waals surface area contributed by atoms with Gasteiger partial charge >= 0.3 is 6.55 Å². The minimum Gasteiger partial charge on any atom is -0.377 e. The molecule has 0 fully saturated rings. The van der Waals surface area contributed by atoms with E-state index >= 15 is 0 Å². The fraction of sp³-hybridized carbons (Fsp3) is 0.400. The molecule has 0 spiro atoms. The van der Waals surface area contributed by atoms with Gasteiger partial charge in [-0.2, -0.15) is 19.0 Å². The number of anilines is 1. The summed E-state index contributed by atoms with van der Waals surface area (Å²) in [6, 6.07) is 1.56. The van der Waals surface area contributed by atoms with E-state index < -0.39 is 6.55 Å². The van der Waals surface area contributed by atoms with Crippen LogP contribution in [0.15, 0.2) is 18.5 Å². The van der Waals surface area contributed by atoms with Crippen LogP contribution in [0.3, 0.4) is 0 Å². The van der Waals surface area contributed by atoms with E-state index in [-0.39, 0.29) is 6.54 Å². The van der Waals surface area contributed by atoms with Gasteiger partial charge in [-0.3, -0.25) is 4.68 Å². The van der Waals surface area contributed by atoms with Crippen molar-refractivity contribution in [2.24, 2.45) is 7.05 Å². The molecular formula is C10H13F2N5. The predicted octanol–water partition coefficient (Wildman–Crippen LogP) is 1.93. The van der Waals surface area contributed by atoms with Crippen LogP contribution in [0.5, 0.6) is 0 Å². The molecule has 2 aromatic heterocycles. The highest BCUT2D eigenvalue weighted by Crippen LogP contribution is 2.16. The van der Waals surface area contributed by atoms with Crippen LogP contribution < -0.4 is 5.32 Å². The van der Waals surface area contributed by atoms with Gasteiger partial charge in [0.2, 0.25) is 0 Å². The number of aryl methyl sites for hydroxylation is 1. The van der Waals surface area contributed by atoms with E-state index in [1.54, 1.807) is 16.9 Å². The Hall–Kier alpha value is -1.92. The lowest BCUT2D eigenvalue weighted by Gasteiger charge is -2.08. The fourth-order valence-corrected chi connectivity index (χ4v) is 1.52. The minimum absolute atomic E-state index is 0.289. The molecule has 0 aromatic carbocycles. The van der Waals surface area contributed by atoms with Gasteiger partial charge < -0.3 is 5.32 Å². The van der Waals surface area contributed by atoms with E-state index in [2.05, 4.69) is 15.5 Å². The maximum Gasteiger partial charge on any atom is 0.333 e. The maximum absolute atomic E-state index is 12.5. The van der Waals surface area contributed by atoms with E-state index in [0.29, 0.717) is 10.4 Å². The summed E-state index contributed by atoms with van der Waals surface area (Å²) >= 11 is 0. The third-order valence-electron chi connectivity index (χ3n) is 2.63. The molecule has 0 aliphatic carbocycles. The molecule has 0 aliphatic heterocycles. The van der Waals surface area contributed by atoms with Gasteiger partial charge in [0.25, 0.3) is 0 Å². The smallest absolute Gasteiger partial charge is 0.333 e. The van der Waals surface area contributed by atoms with E-state index in [1.807, 2.05) is 14.0 Å². The van der Waals surface area contributed by atoms with Crippen molar-refractivity contribution in [2.75, 3.05) is 5.32 Å². The summed E-state index contributed by atoms with van der Waals surface area (Å²) in [5.41, 5.74) is 2.21. The minimum atomic E-state index is -2.61. The Bertz CT molecular complexity index is 503. The van der Waals surface area contributed by atoms with E-state index in [1.165, 1.54) is 6.20 Å². The number of hydrogen-bond acceptors (Lipinski definition) is 3. The Morgan fingerprint density at radius 1 is 1.41 bits per heavy atom. The molecule has 0 radical (unpaired) electrons. The summed E-state index contributed by atoms with van der Waals surface area (Å²) in [5, 5.41) is 10.7. The van der Waals surface area contributed by atoms with Gasteiger partial charge in [-0.25, -0.2) is 4.68 Å². The second kappa shape index (κ2) is 4.52. The zero-order valence-electron chi connectivity index (χ0n) is 9.56. The van der Waals surface area contributed by atoms with E-state index in [0.717, 1.165) is 11.4 Å². The van der Waals surface area contributed by atoms with Gasteiger partial charge in [0.15, 0.2) is 0 Å². The van der Waals surface area contributed by atoms with Crippen LogP contribution in [-0.2, 0) is 13.6 Å². The van der Waals surface area contributed by atoms with Crippen molar-refractivity contribution in [2.45, 2.75) is 20.0 Å². The van der Waals surface area contributed by atoms with Crippen molar-refractivity contribution in [3.63, 3.8) is 0 Å². The number of nitrogens with one attached hydrogen (secondary N) is 1. The molecule has 0 saturated carbocycles. The lowest BCUT2D eigenvalue weighted by atomic mass is 10.3. The van der Waals surface area contributed by atoms with Crippen LogP contribution in [0.4, 0.5) is 14.5 Å². The second-order valence-electron chi connectivity index (χ2n) is 3.67. The third-order valence-corrected chi connectivity index (χ3v) is 2.63. The van der Waals surface area contributed by atoms with Crippen LogP contribution in [0.2, 0.25) is 0 Å². The average molecular weight is 241 g/mol. The first kappa shape index (κ1) is 11.6. The molecule has 5 nitrogen and oxygen atoms in total. The molecule has 0 unspecified atom stereocenters. The number of halogens is 2. The second-order valence-corrected chi connectivity index (χ2v) is 3.67. The number of nitrogens with zero attached hydrogens (tertiary/aromatic N) is 4. The van der Waals surface area contributed by atoms with E-state index in [9.17, 15) is 8.78 Å². The molecule has 0 bridgehead atoms. The molecule has 2 rings (SSSR count). The largest absolute Gasteiger partial charge is 0.377 e. The first-order valence-corrected chi connectivity index (χ1v) is 5.12. The molecule has 0 atom stereocenters. The van der Waals surface area contributed by atoms with Crippen molar-refractivity contribution in [1.82, 2.24) is 19.6 Å². The first-order valence-electron chi connectivity index (χ1n) is 5.12. The standard InChI is InChI=1S/C10H13F2N5/c1-7-9(6-15-16(7)2)13-5-8-3-4-14-17(8)10(11)12/h3-4,6,10,13H,5H2,1-2H3. The highest BCUT2D eigenvalue weighted by atomic mass is 19.3. The van der Waals surface area contributed by atoms with Gasteiger partial charge in [-0.05, 0) is 13.0 Å². The lowest BCUT2D eigenvalue weighted by molar-refractivity contribution is 0.0537. The normalized spacial score (nSPS) is 11.1. The Morgan fingerprint density at radius 3 is 2.76 bits per heavy atom. The van der Waals surface area contributed by atoms with Gasteiger partial charge in [0.05, 0.1) is 29.8 Å². The molecule has 2 aromatic rings. The van der Waals surface area contributed by atoms with Crippen LogP contribution in [-0.4, -0.2) is 19.6 Å². The Labute approximate surface area is 97.0 Å². The summed E-state index contributed by atoms with van der Waals surface area (Å²) in [5.74, 6) is 0. The third kappa shape index (κ3) is 2.27. The quantitative estimate of drug-likeness (QED) is 0.889. The zero-order chi connectivity index (χ0) is 12.4. The van der Waals surface area contributed by atoms with Gasteiger partial charge in [-0.1, -0.05) is 0 Å². The van der Waals surface area contributed by atoms with Gasteiger partial charge in [-0.15, -0.1) is 0 Å². The zero-order valence-corrected chi connectivity index (χ0v) is 9.56. The highest BCUT2D eigenvalue weighted by Gasteiger charge is 2.11. The summed E-state index contributed by atoms with van der Waals surface area (Å²) in [4.78, 5) is 0. The monoisotopic (exact) mass is 241 g/mol. The maximum atomic E-state index is 12.5. The predicted molar refractivity (Wildman–Crippen MR) is 58.8 cm³/mol. The fourth-order valence-electron chi connectivity index (χ4n) is 1.52. The van der Waals surface area contributed by atoms with Gasteiger partial charge in [0.1, 0.15) is 0 Å². The molecule has 1 N–H and O–H groups in total. The highest BCUT2D eigenvalue weighted by molar-refractivity contribution is 5.45. The Kier molecular flexibility index (Phi) is 3.08. The number of aromatic nitrogens is 4. The van der Waals surface area contributed by atoms with E-state index in [4.69, 9.17) is 0 Å². The van der Waals surface area contributed by atoms with Crippen LogP contribution >= 0.6 is 0 Å². The van der Waals surface area contributed by atoms with Gasteiger partial charge in [0, 0.05) is 13.2 Å². The van der Waals surface area contributed by atoms with Crippen molar-refractivity contribution in [3.05, 3.63) is 29.8 Å². The van der Waals surface area contributed by atoms with Crippen molar-refractivity contribution >= 4 is 5.69 Å². The van der Waals surface area contributed by atoms with Crippen molar-refractivity contribution < 1.29 is 8.78 Å². The van der Waals surface area contributed by atoms with Crippen LogP contribution in [0.25, 0.3) is 0 Å². The summed E-state index contributed by atoms with van der Waals surface area (Å²) in [6.07, 6.45) is 3.03. The molecule has 0 aliphatic rings. The summed E-state index contributed by atoms with van der Waals surface area (Å²) in [6.45, 7) is -0.423. The molecular weight excluding hydrogens is 228 g/mol. The molecule has 7 heteroatoms. The molecule has 0 amide bonds. The van der Waals surface area contributed by atoms with Crippen molar-refractivity contribution in [1.29, 1.82) is 0 Å². The Morgan fingerprint density at radius 2 is 2.18 bits per heavy atom. The Balaban J connectivity index is 2.07. The average Bonchev–Trinajstić information content (AvgIpc) is 2.86.